The van der Waals surface area contributed by atoms with Gasteiger partial charge in [-0.15, -0.1) is 0 Å². The molecule has 0 aliphatic heterocycles. The van der Waals surface area contributed by atoms with Crippen molar-refractivity contribution in [1.82, 2.24) is 5.32 Å². The molecule has 1 aromatic heterocycles. The van der Waals surface area contributed by atoms with E-state index in [1.54, 1.807) is 19.3 Å². The molecule has 1 N–H and O–H groups in total. The lowest BCUT2D eigenvalue weighted by Gasteiger charge is -2.19. The standard InChI is InChI=1S/C11H16INO2/c1-7(2)10(6-12)13-11(14)9-4-5-15-8(9)3/h4-5,7,10H,6H2,1-3H3,(H,13,14). The van der Waals surface area contributed by atoms with Crippen molar-refractivity contribution < 1.29 is 9.21 Å². The fraction of sp³-hybridized carbons (Fsp3) is 0.545. The van der Waals surface area contributed by atoms with E-state index in [4.69, 9.17) is 4.42 Å². The molecule has 1 unspecified atom stereocenters. The number of alkyl halides is 1. The number of carbonyl (C=O) groups excluding carboxylic acids is 1. The van der Waals surface area contributed by atoms with Crippen molar-refractivity contribution in [2.75, 3.05) is 4.43 Å². The molecule has 15 heavy (non-hydrogen) atoms. The molecular weight excluding hydrogens is 305 g/mol. The minimum absolute atomic E-state index is 0.0448. The Labute approximate surface area is 104 Å². The molecular formula is C11H16INO2. The fourth-order valence-corrected chi connectivity index (χ4v) is 2.49. The summed E-state index contributed by atoms with van der Waals surface area (Å²) in [6.45, 7) is 6.00. The summed E-state index contributed by atoms with van der Waals surface area (Å²) in [7, 11) is 0. The predicted molar refractivity (Wildman–Crippen MR) is 68.4 cm³/mol. The molecule has 1 aromatic rings. The number of carbonyl (C=O) groups is 1. The molecule has 1 rings (SSSR count). The zero-order chi connectivity index (χ0) is 11.4. The molecule has 0 fully saturated rings. The number of furan rings is 1. The maximum atomic E-state index is 11.8. The minimum atomic E-state index is -0.0448. The van der Waals surface area contributed by atoms with Gasteiger partial charge in [0.25, 0.3) is 5.91 Å². The minimum Gasteiger partial charge on any atom is -0.469 e. The first-order valence-corrected chi connectivity index (χ1v) is 6.49. The smallest absolute Gasteiger partial charge is 0.255 e. The van der Waals surface area contributed by atoms with Crippen LogP contribution in [0.5, 0.6) is 0 Å². The second-order valence-electron chi connectivity index (χ2n) is 3.87. The molecule has 0 spiro atoms. The van der Waals surface area contributed by atoms with Gasteiger partial charge in [-0.2, -0.15) is 0 Å². The van der Waals surface area contributed by atoms with E-state index in [0.717, 1.165) is 4.43 Å². The Hall–Kier alpha value is -0.520. The molecule has 0 radical (unpaired) electrons. The van der Waals surface area contributed by atoms with Crippen LogP contribution in [0.1, 0.15) is 30.0 Å². The van der Waals surface area contributed by atoms with Crippen LogP contribution in [0.3, 0.4) is 0 Å². The molecule has 0 bridgehead atoms. The lowest BCUT2D eigenvalue weighted by molar-refractivity contribution is 0.0930. The molecule has 0 saturated carbocycles. The van der Waals surface area contributed by atoms with Gasteiger partial charge in [-0.05, 0) is 18.9 Å². The van der Waals surface area contributed by atoms with Gasteiger partial charge in [0.2, 0.25) is 0 Å². The molecule has 0 aromatic carbocycles. The van der Waals surface area contributed by atoms with Gasteiger partial charge in [-0.1, -0.05) is 36.4 Å². The van der Waals surface area contributed by atoms with Crippen molar-refractivity contribution in [3.63, 3.8) is 0 Å². The Morgan fingerprint density at radius 1 is 1.60 bits per heavy atom. The Morgan fingerprint density at radius 2 is 2.27 bits per heavy atom. The third-order valence-corrected chi connectivity index (χ3v) is 3.34. The van der Waals surface area contributed by atoms with Crippen molar-refractivity contribution in [2.24, 2.45) is 5.92 Å². The van der Waals surface area contributed by atoms with Gasteiger partial charge in [-0.3, -0.25) is 4.79 Å². The first kappa shape index (κ1) is 12.5. The van der Waals surface area contributed by atoms with Crippen LogP contribution < -0.4 is 5.32 Å². The van der Waals surface area contributed by atoms with Crippen molar-refractivity contribution in [3.8, 4) is 0 Å². The SMILES string of the molecule is Cc1occc1C(=O)NC(CI)C(C)C. The number of hydrogen-bond acceptors (Lipinski definition) is 2. The van der Waals surface area contributed by atoms with Gasteiger partial charge in [0.15, 0.2) is 0 Å². The molecule has 0 aliphatic carbocycles. The number of halogens is 1. The monoisotopic (exact) mass is 321 g/mol. The van der Waals surface area contributed by atoms with Crippen LogP contribution in [0.2, 0.25) is 0 Å². The van der Waals surface area contributed by atoms with Gasteiger partial charge in [0.1, 0.15) is 5.76 Å². The van der Waals surface area contributed by atoms with E-state index in [9.17, 15) is 4.79 Å². The number of amides is 1. The number of aryl methyl sites for hydroxylation is 1. The van der Waals surface area contributed by atoms with Gasteiger partial charge >= 0.3 is 0 Å². The van der Waals surface area contributed by atoms with Gasteiger partial charge in [-0.25, -0.2) is 0 Å². The summed E-state index contributed by atoms with van der Waals surface area (Å²) in [5, 5.41) is 3.00. The number of rotatable bonds is 4. The maximum absolute atomic E-state index is 11.8. The second kappa shape index (κ2) is 5.53. The summed E-state index contributed by atoms with van der Waals surface area (Å²) in [4.78, 5) is 11.8. The van der Waals surface area contributed by atoms with Crippen LogP contribution in [0.4, 0.5) is 0 Å². The van der Waals surface area contributed by atoms with Crippen LogP contribution in [0.25, 0.3) is 0 Å². The molecule has 1 amide bonds. The van der Waals surface area contributed by atoms with Crippen LogP contribution in [-0.4, -0.2) is 16.4 Å². The van der Waals surface area contributed by atoms with Crippen LogP contribution in [0.15, 0.2) is 16.7 Å². The van der Waals surface area contributed by atoms with Gasteiger partial charge in [0, 0.05) is 10.5 Å². The van der Waals surface area contributed by atoms with Crippen molar-refractivity contribution in [2.45, 2.75) is 26.8 Å². The van der Waals surface area contributed by atoms with Crippen molar-refractivity contribution >= 4 is 28.5 Å². The third kappa shape index (κ3) is 3.22. The second-order valence-corrected chi connectivity index (χ2v) is 4.75. The highest BCUT2D eigenvalue weighted by atomic mass is 127. The molecule has 1 atom stereocenters. The van der Waals surface area contributed by atoms with Crippen LogP contribution >= 0.6 is 22.6 Å². The molecule has 3 nitrogen and oxygen atoms in total. The van der Waals surface area contributed by atoms with Crippen molar-refractivity contribution in [1.29, 1.82) is 0 Å². The Morgan fingerprint density at radius 3 is 2.67 bits per heavy atom. The summed E-state index contributed by atoms with van der Waals surface area (Å²) >= 11 is 2.29. The quantitative estimate of drug-likeness (QED) is 0.684. The average Bonchev–Trinajstić information content (AvgIpc) is 2.60. The van der Waals surface area contributed by atoms with Gasteiger partial charge < -0.3 is 9.73 Å². The number of hydrogen-bond donors (Lipinski definition) is 1. The van der Waals surface area contributed by atoms with Crippen molar-refractivity contribution in [3.05, 3.63) is 23.7 Å². The van der Waals surface area contributed by atoms with Gasteiger partial charge in [0.05, 0.1) is 11.8 Å². The highest BCUT2D eigenvalue weighted by molar-refractivity contribution is 14.1. The van der Waals surface area contributed by atoms with Crippen LogP contribution in [-0.2, 0) is 0 Å². The van der Waals surface area contributed by atoms with E-state index < -0.39 is 0 Å². The first-order chi connectivity index (χ1) is 7.06. The van der Waals surface area contributed by atoms with E-state index in [-0.39, 0.29) is 11.9 Å². The number of nitrogens with one attached hydrogen (secondary N) is 1. The Bertz CT molecular complexity index is 333. The van der Waals surface area contributed by atoms with E-state index in [2.05, 4.69) is 41.8 Å². The first-order valence-electron chi connectivity index (χ1n) is 4.97. The third-order valence-electron chi connectivity index (χ3n) is 2.39. The van der Waals surface area contributed by atoms with Crippen LogP contribution in [0, 0.1) is 12.8 Å². The van der Waals surface area contributed by atoms with E-state index in [1.807, 2.05) is 0 Å². The highest BCUT2D eigenvalue weighted by Gasteiger charge is 2.18. The summed E-state index contributed by atoms with van der Waals surface area (Å²) in [6.07, 6.45) is 1.54. The Balaban J connectivity index is 2.67. The maximum Gasteiger partial charge on any atom is 0.255 e. The zero-order valence-electron chi connectivity index (χ0n) is 9.21. The summed E-state index contributed by atoms with van der Waals surface area (Å²) in [5.41, 5.74) is 0.630. The molecule has 84 valence electrons. The van der Waals surface area contributed by atoms with E-state index in [1.165, 1.54) is 0 Å². The lowest BCUT2D eigenvalue weighted by atomic mass is 10.1. The summed E-state index contributed by atoms with van der Waals surface area (Å²) in [5.74, 6) is 1.07. The van der Waals surface area contributed by atoms with E-state index in [0.29, 0.717) is 17.2 Å². The highest BCUT2D eigenvalue weighted by Crippen LogP contribution is 2.11. The molecule has 4 heteroatoms. The predicted octanol–water partition coefficient (Wildman–Crippen LogP) is 2.78. The average molecular weight is 321 g/mol. The van der Waals surface area contributed by atoms with E-state index >= 15 is 0 Å². The lowest BCUT2D eigenvalue weighted by Crippen LogP contribution is -2.39. The normalized spacial score (nSPS) is 12.9. The molecule has 0 saturated heterocycles. The topological polar surface area (TPSA) is 42.2 Å². The fourth-order valence-electron chi connectivity index (χ4n) is 1.25. The molecule has 0 aliphatic rings. The Kier molecular flexibility index (Phi) is 4.63. The zero-order valence-corrected chi connectivity index (χ0v) is 11.4. The molecule has 1 heterocycles. The largest absolute Gasteiger partial charge is 0.469 e. The summed E-state index contributed by atoms with van der Waals surface area (Å²) in [6, 6.07) is 1.92. The summed E-state index contributed by atoms with van der Waals surface area (Å²) < 4.78 is 6.01.